The van der Waals surface area contributed by atoms with E-state index in [0.29, 0.717) is 22.3 Å². The maximum Gasteiger partial charge on any atom is 0.312 e. The van der Waals surface area contributed by atoms with Crippen LogP contribution >= 0.6 is 22.9 Å². The van der Waals surface area contributed by atoms with Crippen LogP contribution in [0.1, 0.15) is 29.3 Å². The summed E-state index contributed by atoms with van der Waals surface area (Å²) in [6.45, 7) is 0. The number of thiazole rings is 1. The first-order valence-electron chi connectivity index (χ1n) is 6.39. The topological polar surface area (TPSA) is 62.2 Å². The number of aromatic nitrogens is 1. The summed E-state index contributed by atoms with van der Waals surface area (Å²) in [5.74, 6) is -1.27. The highest BCUT2D eigenvalue weighted by atomic mass is 35.5. The van der Waals surface area contributed by atoms with Crippen LogP contribution < -0.4 is 5.32 Å². The second-order valence-corrected chi connectivity index (χ2v) is 6.21. The van der Waals surface area contributed by atoms with E-state index in [0.717, 1.165) is 23.4 Å². The maximum absolute atomic E-state index is 11.3. The van der Waals surface area contributed by atoms with E-state index < -0.39 is 11.9 Å². The van der Waals surface area contributed by atoms with Gasteiger partial charge in [-0.25, -0.2) is 4.98 Å². The maximum atomic E-state index is 11.3. The normalized spacial score (nSPS) is 17.6. The third-order valence-electron chi connectivity index (χ3n) is 3.37. The molecular weight excluding hydrogens is 296 g/mol. The van der Waals surface area contributed by atoms with Gasteiger partial charge < -0.3 is 10.4 Å². The van der Waals surface area contributed by atoms with Crippen molar-refractivity contribution in [3.8, 4) is 0 Å². The summed E-state index contributed by atoms with van der Waals surface area (Å²) in [7, 11) is 0. The van der Waals surface area contributed by atoms with E-state index in [-0.39, 0.29) is 0 Å². The number of carboxylic acid groups (broad SMARTS) is 1. The van der Waals surface area contributed by atoms with Crippen molar-refractivity contribution in [1.82, 2.24) is 4.98 Å². The van der Waals surface area contributed by atoms with Gasteiger partial charge >= 0.3 is 5.97 Å². The molecule has 104 valence electrons. The van der Waals surface area contributed by atoms with E-state index in [1.54, 1.807) is 6.07 Å². The Balaban J connectivity index is 1.90. The SMILES string of the molecule is O=C(O)C1CCCc2sc(Nc3ccccc3Cl)nc21. The average Bonchev–Trinajstić information content (AvgIpc) is 2.83. The summed E-state index contributed by atoms with van der Waals surface area (Å²) in [5.41, 5.74) is 1.50. The summed E-state index contributed by atoms with van der Waals surface area (Å²) in [4.78, 5) is 16.8. The van der Waals surface area contributed by atoms with Gasteiger partial charge in [-0.05, 0) is 31.4 Å². The Labute approximate surface area is 125 Å². The van der Waals surface area contributed by atoms with Crippen molar-refractivity contribution in [2.75, 3.05) is 5.32 Å². The van der Waals surface area contributed by atoms with Crippen molar-refractivity contribution in [2.24, 2.45) is 0 Å². The summed E-state index contributed by atoms with van der Waals surface area (Å²) < 4.78 is 0. The predicted octanol–water partition coefficient (Wildman–Crippen LogP) is 4.04. The second-order valence-electron chi connectivity index (χ2n) is 4.72. The Bertz CT molecular complexity index is 656. The van der Waals surface area contributed by atoms with Crippen LogP contribution in [-0.2, 0) is 11.2 Å². The van der Waals surface area contributed by atoms with Crippen molar-refractivity contribution in [3.63, 3.8) is 0 Å². The molecule has 1 aliphatic carbocycles. The van der Waals surface area contributed by atoms with E-state index in [9.17, 15) is 9.90 Å². The summed E-state index contributed by atoms with van der Waals surface area (Å²) in [6, 6.07) is 7.43. The van der Waals surface area contributed by atoms with Crippen molar-refractivity contribution < 1.29 is 9.90 Å². The number of hydrogen-bond donors (Lipinski definition) is 2. The smallest absolute Gasteiger partial charge is 0.312 e. The van der Waals surface area contributed by atoms with Crippen LogP contribution in [0.4, 0.5) is 10.8 Å². The van der Waals surface area contributed by atoms with Crippen LogP contribution in [0.2, 0.25) is 5.02 Å². The highest BCUT2D eigenvalue weighted by Gasteiger charge is 2.30. The minimum absolute atomic E-state index is 0.475. The molecular formula is C14H13ClN2O2S. The van der Waals surface area contributed by atoms with Gasteiger partial charge in [-0.2, -0.15) is 0 Å². The van der Waals surface area contributed by atoms with E-state index in [4.69, 9.17) is 11.6 Å². The van der Waals surface area contributed by atoms with E-state index in [2.05, 4.69) is 10.3 Å². The lowest BCUT2D eigenvalue weighted by Crippen LogP contribution is -2.17. The number of hydrogen-bond acceptors (Lipinski definition) is 4. The number of anilines is 2. The molecule has 2 aromatic rings. The van der Waals surface area contributed by atoms with Gasteiger partial charge in [-0.15, -0.1) is 11.3 Å². The number of carbonyl (C=O) groups is 1. The molecule has 1 aromatic carbocycles. The van der Waals surface area contributed by atoms with Crippen molar-refractivity contribution in [1.29, 1.82) is 0 Å². The number of para-hydroxylation sites is 1. The number of fused-ring (bicyclic) bond motifs is 1. The lowest BCUT2D eigenvalue weighted by molar-refractivity contribution is -0.139. The second kappa shape index (κ2) is 5.42. The van der Waals surface area contributed by atoms with Crippen LogP contribution in [-0.4, -0.2) is 16.1 Å². The lowest BCUT2D eigenvalue weighted by atomic mass is 9.91. The van der Waals surface area contributed by atoms with Gasteiger partial charge in [0.25, 0.3) is 0 Å². The van der Waals surface area contributed by atoms with Crippen molar-refractivity contribution >= 4 is 39.7 Å². The number of nitrogens with zero attached hydrogens (tertiary/aromatic N) is 1. The number of rotatable bonds is 3. The zero-order chi connectivity index (χ0) is 14.1. The molecule has 6 heteroatoms. The van der Waals surface area contributed by atoms with Crippen LogP contribution in [0.5, 0.6) is 0 Å². The molecule has 0 bridgehead atoms. The van der Waals surface area contributed by atoms with Gasteiger partial charge in [0.1, 0.15) is 5.92 Å². The first-order valence-corrected chi connectivity index (χ1v) is 7.58. The van der Waals surface area contributed by atoms with Gasteiger partial charge in [-0.1, -0.05) is 23.7 Å². The number of halogens is 1. The average molecular weight is 309 g/mol. The van der Waals surface area contributed by atoms with Gasteiger partial charge in [0, 0.05) is 4.88 Å². The number of benzene rings is 1. The van der Waals surface area contributed by atoms with Gasteiger partial charge in [-0.3, -0.25) is 4.79 Å². The zero-order valence-corrected chi connectivity index (χ0v) is 12.2. The molecule has 1 heterocycles. The molecule has 20 heavy (non-hydrogen) atoms. The molecule has 0 saturated carbocycles. The third-order valence-corrected chi connectivity index (χ3v) is 4.74. The highest BCUT2D eigenvalue weighted by molar-refractivity contribution is 7.15. The number of carboxylic acids is 1. The Hall–Kier alpha value is -1.59. The Morgan fingerprint density at radius 3 is 3.00 bits per heavy atom. The largest absolute Gasteiger partial charge is 0.481 e. The lowest BCUT2D eigenvalue weighted by Gasteiger charge is -2.16. The molecule has 1 unspecified atom stereocenters. The van der Waals surface area contributed by atoms with Crippen molar-refractivity contribution in [2.45, 2.75) is 25.2 Å². The quantitative estimate of drug-likeness (QED) is 0.898. The number of aliphatic carboxylic acids is 1. The van der Waals surface area contributed by atoms with Crippen molar-refractivity contribution in [3.05, 3.63) is 39.9 Å². The first kappa shape index (κ1) is 13.4. The van der Waals surface area contributed by atoms with Crippen LogP contribution in [0.25, 0.3) is 0 Å². The van der Waals surface area contributed by atoms with Crippen LogP contribution in [0.15, 0.2) is 24.3 Å². The van der Waals surface area contributed by atoms with Gasteiger partial charge in [0.2, 0.25) is 0 Å². The highest BCUT2D eigenvalue weighted by Crippen LogP contribution is 2.38. The minimum Gasteiger partial charge on any atom is -0.481 e. The Morgan fingerprint density at radius 2 is 2.25 bits per heavy atom. The predicted molar refractivity (Wildman–Crippen MR) is 80.2 cm³/mol. The molecule has 0 saturated heterocycles. The molecule has 1 aromatic heterocycles. The van der Waals surface area contributed by atoms with Crippen LogP contribution in [0.3, 0.4) is 0 Å². The number of aryl methyl sites for hydroxylation is 1. The Morgan fingerprint density at radius 1 is 1.45 bits per heavy atom. The molecule has 0 radical (unpaired) electrons. The van der Waals surface area contributed by atoms with E-state index >= 15 is 0 Å². The molecule has 2 N–H and O–H groups in total. The third kappa shape index (κ3) is 2.51. The fourth-order valence-electron chi connectivity index (χ4n) is 2.39. The summed E-state index contributed by atoms with van der Waals surface area (Å²) >= 11 is 7.62. The standard InChI is InChI=1S/C14H13ClN2O2S/c15-9-5-1-2-6-10(9)16-14-17-12-8(13(18)19)4-3-7-11(12)20-14/h1-2,5-6,8H,3-4,7H2,(H,16,17)(H,18,19). The monoisotopic (exact) mass is 308 g/mol. The zero-order valence-electron chi connectivity index (χ0n) is 10.6. The molecule has 0 amide bonds. The van der Waals surface area contributed by atoms with E-state index in [1.807, 2.05) is 18.2 Å². The molecule has 0 spiro atoms. The molecule has 1 aliphatic rings. The molecule has 0 fully saturated rings. The molecule has 3 rings (SSSR count). The fourth-order valence-corrected chi connectivity index (χ4v) is 3.65. The summed E-state index contributed by atoms with van der Waals surface area (Å²) in [6.07, 6.45) is 2.47. The molecule has 0 aliphatic heterocycles. The fraction of sp³-hybridized carbons (Fsp3) is 0.286. The molecule has 4 nitrogen and oxygen atoms in total. The van der Waals surface area contributed by atoms with Crippen LogP contribution in [0, 0.1) is 0 Å². The van der Waals surface area contributed by atoms with E-state index in [1.165, 1.54) is 11.3 Å². The van der Waals surface area contributed by atoms with Gasteiger partial charge in [0.15, 0.2) is 5.13 Å². The summed E-state index contributed by atoms with van der Waals surface area (Å²) in [5, 5.41) is 13.7. The Kier molecular flexibility index (Phi) is 3.63. The van der Waals surface area contributed by atoms with Gasteiger partial charge in [0.05, 0.1) is 16.4 Å². The number of nitrogens with one attached hydrogen (secondary N) is 1. The first-order chi connectivity index (χ1) is 9.65. The molecule has 1 atom stereocenters. The minimum atomic E-state index is -0.791.